The van der Waals surface area contributed by atoms with Crippen LogP contribution in [-0.4, -0.2) is 44.7 Å². The third kappa shape index (κ3) is 5.50. The van der Waals surface area contributed by atoms with Crippen LogP contribution in [0, 0.1) is 0 Å². The summed E-state index contributed by atoms with van der Waals surface area (Å²) in [5.74, 6) is 1.65. The maximum absolute atomic E-state index is 13.0. The van der Waals surface area contributed by atoms with E-state index in [4.69, 9.17) is 10.5 Å². The smallest absolute Gasteiger partial charge is 0.255 e. The number of aromatic nitrogens is 3. The highest BCUT2D eigenvalue weighted by molar-refractivity contribution is 5.99. The minimum Gasteiger partial charge on any atom is -0.457 e. The number of nitrogen functional groups attached to an aromatic ring is 1. The first kappa shape index (κ1) is 22.6. The van der Waals surface area contributed by atoms with Gasteiger partial charge >= 0.3 is 0 Å². The fourth-order valence-electron chi connectivity index (χ4n) is 4.33. The lowest BCUT2D eigenvalue weighted by molar-refractivity contribution is 0.0938. The van der Waals surface area contributed by atoms with E-state index in [1.54, 1.807) is 23.1 Å². The molecule has 8 nitrogen and oxygen atoms in total. The summed E-state index contributed by atoms with van der Waals surface area (Å²) in [6.45, 7) is 2.46. The number of aryl methyl sites for hydroxylation is 1. The molecule has 1 aliphatic heterocycles. The maximum atomic E-state index is 13.0. The second-order valence-corrected chi connectivity index (χ2v) is 8.82. The summed E-state index contributed by atoms with van der Waals surface area (Å²) in [4.78, 5) is 19.6. The van der Waals surface area contributed by atoms with Gasteiger partial charge in [-0.2, -0.15) is 5.10 Å². The molecular weight excluding hydrogens is 440 g/mol. The summed E-state index contributed by atoms with van der Waals surface area (Å²) in [5.41, 5.74) is 9.28. The Morgan fingerprint density at radius 2 is 1.91 bits per heavy atom. The van der Waals surface area contributed by atoms with Gasteiger partial charge in [0.25, 0.3) is 5.91 Å². The van der Waals surface area contributed by atoms with Crippen LogP contribution < -0.4 is 15.8 Å². The molecule has 1 amide bonds. The molecular formula is C27H28N6O2. The van der Waals surface area contributed by atoms with Gasteiger partial charge in [0.2, 0.25) is 0 Å². The number of nitrogens with one attached hydrogen (secondary N) is 1. The van der Waals surface area contributed by atoms with Crippen LogP contribution in [0.3, 0.4) is 0 Å². The number of rotatable bonds is 7. The number of para-hydroxylation sites is 1. The van der Waals surface area contributed by atoms with Crippen molar-refractivity contribution in [2.24, 2.45) is 7.05 Å². The van der Waals surface area contributed by atoms with Crippen LogP contribution in [0.4, 0.5) is 5.82 Å². The van der Waals surface area contributed by atoms with Crippen molar-refractivity contribution in [1.82, 2.24) is 25.0 Å². The quantitative estimate of drug-likeness (QED) is 0.427. The van der Waals surface area contributed by atoms with Gasteiger partial charge in [-0.25, -0.2) is 4.98 Å². The maximum Gasteiger partial charge on any atom is 0.255 e. The Morgan fingerprint density at radius 1 is 1.09 bits per heavy atom. The highest BCUT2D eigenvalue weighted by atomic mass is 16.5. The molecule has 2 aromatic carbocycles. The number of hydrogen-bond donors (Lipinski definition) is 2. The summed E-state index contributed by atoms with van der Waals surface area (Å²) in [5, 5.41) is 7.32. The third-order valence-electron chi connectivity index (χ3n) is 6.09. The average molecular weight is 469 g/mol. The molecule has 3 heterocycles. The molecule has 0 bridgehead atoms. The third-order valence-corrected chi connectivity index (χ3v) is 6.09. The van der Waals surface area contributed by atoms with E-state index in [1.165, 1.54) is 5.56 Å². The monoisotopic (exact) mass is 468 g/mol. The van der Waals surface area contributed by atoms with E-state index in [9.17, 15) is 4.79 Å². The molecule has 1 saturated heterocycles. The van der Waals surface area contributed by atoms with Crippen LogP contribution in [0.1, 0.15) is 22.3 Å². The number of amides is 1. The number of hydrogen-bond acceptors (Lipinski definition) is 6. The van der Waals surface area contributed by atoms with Crippen molar-refractivity contribution < 1.29 is 9.53 Å². The molecule has 5 rings (SSSR count). The summed E-state index contributed by atoms with van der Waals surface area (Å²) >= 11 is 0. The predicted octanol–water partition coefficient (Wildman–Crippen LogP) is 3.86. The van der Waals surface area contributed by atoms with Gasteiger partial charge < -0.3 is 15.8 Å². The van der Waals surface area contributed by atoms with Gasteiger partial charge in [-0.1, -0.05) is 30.3 Å². The Labute approximate surface area is 204 Å². The normalized spacial score (nSPS) is 15.7. The van der Waals surface area contributed by atoms with Gasteiger partial charge in [0.15, 0.2) is 0 Å². The van der Waals surface area contributed by atoms with Crippen molar-refractivity contribution in [2.75, 3.05) is 18.8 Å². The fourth-order valence-corrected chi connectivity index (χ4v) is 4.33. The van der Waals surface area contributed by atoms with Crippen LogP contribution in [0.15, 0.2) is 79.3 Å². The largest absolute Gasteiger partial charge is 0.457 e. The minimum absolute atomic E-state index is 0.0488. The molecule has 3 N–H and O–H groups in total. The molecule has 0 spiro atoms. The molecule has 178 valence electrons. The lowest BCUT2D eigenvalue weighted by atomic mass is 10.1. The minimum atomic E-state index is -0.203. The van der Waals surface area contributed by atoms with Crippen molar-refractivity contribution in [3.05, 3.63) is 90.4 Å². The van der Waals surface area contributed by atoms with Gasteiger partial charge in [0.05, 0.1) is 11.8 Å². The average Bonchev–Trinajstić information content (AvgIpc) is 3.49. The molecule has 8 heteroatoms. The Hall–Kier alpha value is -4.17. The first-order valence-corrected chi connectivity index (χ1v) is 11.6. The van der Waals surface area contributed by atoms with Gasteiger partial charge in [0, 0.05) is 56.2 Å². The molecule has 0 saturated carbocycles. The first-order chi connectivity index (χ1) is 17.0. The van der Waals surface area contributed by atoms with E-state index < -0.39 is 0 Å². The molecule has 1 fully saturated rings. The van der Waals surface area contributed by atoms with Crippen molar-refractivity contribution in [3.63, 3.8) is 0 Å². The molecule has 0 unspecified atom stereocenters. The van der Waals surface area contributed by atoms with Crippen LogP contribution in [0.5, 0.6) is 11.5 Å². The summed E-state index contributed by atoms with van der Waals surface area (Å²) < 4.78 is 7.67. The Morgan fingerprint density at radius 3 is 2.71 bits per heavy atom. The second kappa shape index (κ2) is 9.99. The zero-order valence-corrected chi connectivity index (χ0v) is 19.6. The number of anilines is 1. The van der Waals surface area contributed by atoms with Crippen LogP contribution in [-0.2, 0) is 13.6 Å². The predicted molar refractivity (Wildman–Crippen MR) is 135 cm³/mol. The molecule has 4 aromatic rings. The number of ether oxygens (including phenoxy) is 1. The highest BCUT2D eigenvalue weighted by Gasteiger charge is 2.25. The van der Waals surface area contributed by atoms with E-state index in [0.29, 0.717) is 5.56 Å². The molecule has 2 aromatic heterocycles. The summed E-state index contributed by atoms with van der Waals surface area (Å²) in [6, 6.07) is 19.7. The Bertz CT molecular complexity index is 1320. The van der Waals surface area contributed by atoms with Crippen molar-refractivity contribution in [3.8, 4) is 22.6 Å². The van der Waals surface area contributed by atoms with Gasteiger partial charge in [-0.05, 0) is 42.3 Å². The van der Waals surface area contributed by atoms with Crippen molar-refractivity contribution in [1.29, 1.82) is 0 Å². The molecule has 35 heavy (non-hydrogen) atoms. The van der Waals surface area contributed by atoms with E-state index >= 15 is 0 Å². The standard InChI is InChI=1S/C27H28N6O2/c1-32-17-21(15-30-32)20-13-25(26(28)29-14-20)27(34)31-22-10-11-33(18-22)16-19-6-5-9-24(12-19)35-23-7-3-2-4-8-23/h2-9,12-15,17,22H,10-11,16,18H2,1H3,(H2,28,29)(H,31,34)/t22-/m1/s1. The number of carbonyl (C=O) groups is 1. The second-order valence-electron chi connectivity index (χ2n) is 8.82. The number of nitrogens with zero attached hydrogens (tertiary/aromatic N) is 4. The lowest BCUT2D eigenvalue weighted by Gasteiger charge is -2.18. The van der Waals surface area contributed by atoms with E-state index in [0.717, 1.165) is 48.7 Å². The van der Waals surface area contributed by atoms with Crippen LogP contribution in [0.2, 0.25) is 0 Å². The summed E-state index contributed by atoms with van der Waals surface area (Å²) in [7, 11) is 1.85. The lowest BCUT2D eigenvalue weighted by Crippen LogP contribution is -2.37. The number of carbonyl (C=O) groups excluding carboxylic acids is 1. The number of benzene rings is 2. The zero-order chi connectivity index (χ0) is 24.2. The molecule has 1 atom stereocenters. The van der Waals surface area contributed by atoms with Crippen molar-refractivity contribution in [2.45, 2.75) is 19.0 Å². The van der Waals surface area contributed by atoms with Crippen LogP contribution >= 0.6 is 0 Å². The zero-order valence-electron chi connectivity index (χ0n) is 19.6. The number of likely N-dealkylation sites (tertiary alicyclic amines) is 1. The highest BCUT2D eigenvalue weighted by Crippen LogP contribution is 2.24. The number of pyridine rings is 1. The van der Waals surface area contributed by atoms with E-state index in [1.807, 2.05) is 55.7 Å². The van der Waals surface area contributed by atoms with E-state index in [2.05, 4.69) is 32.4 Å². The fraction of sp³-hybridized carbons (Fsp3) is 0.222. The van der Waals surface area contributed by atoms with Crippen molar-refractivity contribution >= 4 is 11.7 Å². The molecule has 0 aliphatic carbocycles. The SMILES string of the molecule is Cn1cc(-c2cnc(N)c(C(=O)N[C@@H]3CCN(Cc4cccc(Oc5ccccc5)c4)C3)c2)cn1. The number of nitrogens with two attached hydrogens (primary N) is 1. The molecule has 1 aliphatic rings. The Kier molecular flexibility index (Phi) is 6.45. The van der Waals surface area contributed by atoms with Gasteiger partial charge in [0.1, 0.15) is 17.3 Å². The van der Waals surface area contributed by atoms with Gasteiger partial charge in [-0.3, -0.25) is 14.4 Å². The Balaban J connectivity index is 1.19. The molecule has 0 radical (unpaired) electrons. The summed E-state index contributed by atoms with van der Waals surface area (Å²) in [6.07, 6.45) is 6.16. The van der Waals surface area contributed by atoms with Crippen LogP contribution in [0.25, 0.3) is 11.1 Å². The van der Waals surface area contributed by atoms with E-state index in [-0.39, 0.29) is 17.8 Å². The first-order valence-electron chi connectivity index (χ1n) is 11.6. The van der Waals surface area contributed by atoms with Gasteiger partial charge in [-0.15, -0.1) is 0 Å². The topological polar surface area (TPSA) is 98.3 Å².